The zero-order valence-corrected chi connectivity index (χ0v) is 16.8. The van der Waals surface area contributed by atoms with Gasteiger partial charge in [0.2, 0.25) is 0 Å². The van der Waals surface area contributed by atoms with Crippen LogP contribution in [-0.4, -0.2) is 52.4 Å². The molecule has 3 heterocycles. The van der Waals surface area contributed by atoms with Crippen molar-refractivity contribution in [1.29, 1.82) is 0 Å². The van der Waals surface area contributed by atoms with E-state index in [1.807, 2.05) is 0 Å². The van der Waals surface area contributed by atoms with Crippen molar-refractivity contribution in [2.24, 2.45) is 11.7 Å². The molecule has 2 aliphatic carbocycles. The first kappa shape index (κ1) is 19.3. The molecule has 1 saturated heterocycles. The van der Waals surface area contributed by atoms with Gasteiger partial charge in [-0.25, -0.2) is 17.2 Å². The summed E-state index contributed by atoms with van der Waals surface area (Å²) in [4.78, 5) is 2.22. The summed E-state index contributed by atoms with van der Waals surface area (Å²) in [7, 11) is -3.35. The second kappa shape index (κ2) is 6.97. The lowest BCUT2D eigenvalue weighted by Crippen LogP contribution is -2.60. The molecule has 4 aliphatic rings. The second-order valence-electron chi connectivity index (χ2n) is 8.59. The van der Waals surface area contributed by atoms with E-state index in [2.05, 4.69) is 15.3 Å². The number of allylic oxidation sites excluding steroid dienone is 3. The molecule has 0 amide bonds. The van der Waals surface area contributed by atoms with Gasteiger partial charge < -0.3 is 11.1 Å². The zero-order valence-electron chi connectivity index (χ0n) is 16.0. The Balaban J connectivity index is 1.23. The lowest BCUT2D eigenvalue weighted by molar-refractivity contribution is 0.121. The fourth-order valence-corrected chi connectivity index (χ4v) is 6.24. The molecular formula is C19H25F2N5O2S. The molecule has 7 nitrogen and oxygen atoms in total. The lowest BCUT2D eigenvalue weighted by Gasteiger charge is -2.42. The van der Waals surface area contributed by atoms with Crippen molar-refractivity contribution in [3.05, 3.63) is 41.3 Å². The van der Waals surface area contributed by atoms with Crippen molar-refractivity contribution in [3.8, 4) is 0 Å². The number of nitrogens with one attached hydrogen (secondary N) is 1. The fraction of sp³-hybridized carbons (Fsp3) is 0.632. The number of piperidine rings is 1. The molecule has 0 radical (unpaired) electrons. The summed E-state index contributed by atoms with van der Waals surface area (Å²) >= 11 is 0. The van der Waals surface area contributed by atoms with Crippen LogP contribution < -0.4 is 11.1 Å². The van der Waals surface area contributed by atoms with E-state index in [4.69, 9.17) is 5.73 Å². The Morgan fingerprint density at radius 3 is 2.69 bits per heavy atom. The molecular weight excluding hydrogens is 400 g/mol. The number of hydrogen-bond acceptors (Lipinski definition) is 6. The molecule has 2 fully saturated rings. The van der Waals surface area contributed by atoms with Crippen LogP contribution in [0.3, 0.4) is 0 Å². The monoisotopic (exact) mass is 425 g/mol. The van der Waals surface area contributed by atoms with Gasteiger partial charge in [0.1, 0.15) is 11.7 Å². The van der Waals surface area contributed by atoms with Crippen LogP contribution in [0.5, 0.6) is 0 Å². The van der Waals surface area contributed by atoms with Crippen molar-refractivity contribution >= 4 is 10.0 Å². The second-order valence-corrected chi connectivity index (χ2v) is 10.7. The van der Waals surface area contributed by atoms with Gasteiger partial charge in [0, 0.05) is 61.9 Å². The normalized spacial score (nSPS) is 33.3. The number of nitrogens with zero attached hydrogens (tertiary/aromatic N) is 3. The Hall–Kier alpha value is -1.62. The van der Waals surface area contributed by atoms with Crippen LogP contribution in [0.15, 0.2) is 30.0 Å². The number of aromatic nitrogens is 2. The zero-order chi connectivity index (χ0) is 20.3. The summed E-state index contributed by atoms with van der Waals surface area (Å²) < 4.78 is 53.7. The lowest BCUT2D eigenvalue weighted by atomic mass is 9.82. The predicted molar refractivity (Wildman–Crippen MR) is 103 cm³/mol. The first-order valence-corrected chi connectivity index (χ1v) is 11.6. The van der Waals surface area contributed by atoms with Crippen molar-refractivity contribution in [1.82, 2.24) is 19.4 Å². The van der Waals surface area contributed by atoms with Gasteiger partial charge in [-0.1, -0.05) is 0 Å². The van der Waals surface area contributed by atoms with Crippen molar-refractivity contribution in [2.75, 3.05) is 6.54 Å². The van der Waals surface area contributed by atoms with Gasteiger partial charge in [-0.15, -0.1) is 0 Å². The van der Waals surface area contributed by atoms with Crippen LogP contribution in [0.2, 0.25) is 0 Å². The molecule has 2 aliphatic heterocycles. The number of nitrogens with two attached hydrogens (primary N) is 1. The molecule has 1 aromatic rings. The Morgan fingerprint density at radius 1 is 1.21 bits per heavy atom. The van der Waals surface area contributed by atoms with Gasteiger partial charge >= 0.3 is 0 Å². The van der Waals surface area contributed by atoms with E-state index in [-0.39, 0.29) is 41.5 Å². The van der Waals surface area contributed by atoms with Crippen LogP contribution in [-0.2, 0) is 23.1 Å². The minimum atomic E-state index is -3.35. The van der Waals surface area contributed by atoms with Gasteiger partial charge in [-0.3, -0.25) is 4.90 Å². The average Bonchev–Trinajstić information content (AvgIpc) is 3.35. The molecule has 158 valence electrons. The van der Waals surface area contributed by atoms with Gasteiger partial charge in [0.15, 0.2) is 0 Å². The van der Waals surface area contributed by atoms with Gasteiger partial charge in [-0.05, 0) is 31.4 Å². The molecule has 0 spiro atoms. The van der Waals surface area contributed by atoms with E-state index in [0.717, 1.165) is 15.3 Å². The van der Waals surface area contributed by atoms with Crippen LogP contribution in [0.25, 0.3) is 0 Å². The van der Waals surface area contributed by atoms with E-state index in [1.54, 1.807) is 6.20 Å². The van der Waals surface area contributed by atoms with E-state index in [0.29, 0.717) is 38.9 Å². The highest BCUT2D eigenvalue weighted by atomic mass is 32.2. The van der Waals surface area contributed by atoms with Crippen LogP contribution in [0.4, 0.5) is 8.78 Å². The Morgan fingerprint density at radius 2 is 2.00 bits per heavy atom. The van der Waals surface area contributed by atoms with Crippen molar-refractivity contribution in [3.63, 3.8) is 0 Å². The fourth-order valence-electron chi connectivity index (χ4n) is 4.71. The standard InChI is InChI=1S/C19H25F2N5O2S/c20-12-1-4-16(21)15(5-12)19-17(22)6-13(7-23-19)25-8-11-9-26(24-18(11)10-25)29(27,28)14-2-3-14/h1,4,9,13-15,17,19,23H,2-3,5-8,10,22H2/t13?,15?,17?,19-/m1/s1. The minimum Gasteiger partial charge on any atom is -0.326 e. The molecule has 3 unspecified atom stereocenters. The Labute approximate surface area is 168 Å². The van der Waals surface area contributed by atoms with E-state index < -0.39 is 15.9 Å². The van der Waals surface area contributed by atoms with E-state index in [9.17, 15) is 17.2 Å². The molecule has 1 saturated carbocycles. The number of halogens is 2. The third-order valence-corrected chi connectivity index (χ3v) is 8.55. The topological polar surface area (TPSA) is 93.2 Å². The van der Waals surface area contributed by atoms with E-state index in [1.165, 1.54) is 12.2 Å². The van der Waals surface area contributed by atoms with Crippen LogP contribution in [0.1, 0.15) is 36.9 Å². The summed E-state index contributed by atoms with van der Waals surface area (Å²) in [5, 5.41) is 7.37. The van der Waals surface area contributed by atoms with Gasteiger partial charge in [-0.2, -0.15) is 9.19 Å². The molecule has 0 bridgehead atoms. The summed E-state index contributed by atoms with van der Waals surface area (Å²) in [5.74, 6) is -1.22. The molecule has 29 heavy (non-hydrogen) atoms. The summed E-state index contributed by atoms with van der Waals surface area (Å²) in [6.45, 7) is 1.81. The molecule has 5 rings (SSSR count). The smallest absolute Gasteiger partial charge is 0.256 e. The number of hydrogen-bond donors (Lipinski definition) is 2. The highest BCUT2D eigenvalue weighted by Gasteiger charge is 2.41. The average molecular weight is 426 g/mol. The molecule has 10 heteroatoms. The summed E-state index contributed by atoms with van der Waals surface area (Å²) in [6.07, 6.45) is 6.13. The van der Waals surface area contributed by atoms with Crippen LogP contribution >= 0.6 is 0 Å². The molecule has 4 atom stereocenters. The maximum atomic E-state index is 14.2. The molecule has 1 aromatic heterocycles. The Bertz CT molecular complexity index is 961. The first-order chi connectivity index (χ1) is 13.8. The largest absolute Gasteiger partial charge is 0.326 e. The number of fused-ring (bicyclic) bond motifs is 1. The predicted octanol–water partition coefficient (Wildman–Crippen LogP) is 1.32. The van der Waals surface area contributed by atoms with Crippen molar-refractivity contribution in [2.45, 2.75) is 62.1 Å². The maximum absolute atomic E-state index is 14.2. The maximum Gasteiger partial charge on any atom is 0.256 e. The summed E-state index contributed by atoms with van der Waals surface area (Å²) in [5.41, 5.74) is 8.07. The van der Waals surface area contributed by atoms with Gasteiger partial charge in [0.05, 0.1) is 10.9 Å². The van der Waals surface area contributed by atoms with Crippen LogP contribution in [0, 0.1) is 5.92 Å². The SMILES string of the molecule is NC1CC(N2Cc3cn(S(=O)(=O)C4CC4)nc3C2)CN[C@@H]1C1CC(F)=CC=C1F. The highest BCUT2D eigenvalue weighted by molar-refractivity contribution is 7.90. The third-order valence-electron chi connectivity index (χ3n) is 6.53. The quantitative estimate of drug-likeness (QED) is 0.756. The van der Waals surface area contributed by atoms with Crippen molar-refractivity contribution < 1.29 is 17.2 Å². The van der Waals surface area contributed by atoms with Gasteiger partial charge in [0.25, 0.3) is 10.0 Å². The Kier molecular flexibility index (Phi) is 4.65. The minimum absolute atomic E-state index is 0.0388. The summed E-state index contributed by atoms with van der Waals surface area (Å²) in [6, 6.07) is -0.466. The van der Waals surface area contributed by atoms with E-state index >= 15 is 0 Å². The third kappa shape index (κ3) is 3.45. The molecule has 0 aromatic carbocycles. The highest BCUT2D eigenvalue weighted by Crippen LogP contribution is 2.35. The number of rotatable bonds is 4. The molecule has 3 N–H and O–H groups in total. The first-order valence-electron chi connectivity index (χ1n) is 10.1.